The van der Waals surface area contributed by atoms with Crippen molar-refractivity contribution in [3.05, 3.63) is 33.5 Å². The lowest BCUT2D eigenvalue weighted by Crippen LogP contribution is -2.24. The van der Waals surface area contributed by atoms with Crippen molar-refractivity contribution in [1.29, 1.82) is 0 Å². The zero-order valence-corrected chi connectivity index (χ0v) is 13.6. The average molecular weight is 306 g/mol. The van der Waals surface area contributed by atoms with Gasteiger partial charge in [-0.05, 0) is 20.3 Å². The minimum Gasteiger partial charge on any atom is -0.373 e. The van der Waals surface area contributed by atoms with Crippen LogP contribution in [0.4, 0.5) is 0 Å². The maximum atomic E-state index is 5.89. The van der Waals surface area contributed by atoms with E-state index in [4.69, 9.17) is 4.74 Å². The Labute approximate surface area is 129 Å². The Morgan fingerprint density at radius 2 is 2.33 bits per heavy atom. The van der Waals surface area contributed by atoms with Crippen molar-refractivity contribution in [2.75, 3.05) is 13.2 Å². The molecular weight excluding hydrogens is 284 g/mol. The van der Waals surface area contributed by atoms with Crippen LogP contribution in [0.1, 0.15) is 33.7 Å². The third-order valence-electron chi connectivity index (χ3n) is 3.96. The van der Waals surface area contributed by atoms with Gasteiger partial charge in [-0.2, -0.15) is 5.10 Å². The van der Waals surface area contributed by atoms with E-state index in [0.717, 1.165) is 36.8 Å². The Kier molecular flexibility index (Phi) is 4.37. The minimum atomic E-state index is 0.176. The molecule has 6 heteroatoms. The molecule has 5 nitrogen and oxygen atoms in total. The summed E-state index contributed by atoms with van der Waals surface area (Å²) in [6, 6.07) is 0. The van der Waals surface area contributed by atoms with Crippen molar-refractivity contribution in [1.82, 2.24) is 20.1 Å². The topological polar surface area (TPSA) is 52.0 Å². The van der Waals surface area contributed by atoms with Crippen LogP contribution in [0, 0.1) is 19.8 Å². The van der Waals surface area contributed by atoms with Crippen LogP contribution in [0.3, 0.4) is 0 Å². The van der Waals surface area contributed by atoms with Crippen molar-refractivity contribution in [2.24, 2.45) is 13.0 Å². The fourth-order valence-corrected chi connectivity index (χ4v) is 3.81. The Balaban J connectivity index is 1.56. The van der Waals surface area contributed by atoms with E-state index in [-0.39, 0.29) is 6.10 Å². The molecule has 0 unspecified atom stereocenters. The molecule has 3 heterocycles. The molecule has 0 bridgehead atoms. The summed E-state index contributed by atoms with van der Waals surface area (Å²) in [6.45, 7) is 6.84. The number of rotatable bonds is 5. The van der Waals surface area contributed by atoms with E-state index in [1.165, 1.54) is 10.4 Å². The van der Waals surface area contributed by atoms with Gasteiger partial charge in [0.2, 0.25) is 0 Å². The number of thiazole rings is 1. The number of aromatic nitrogens is 3. The molecule has 21 heavy (non-hydrogen) atoms. The van der Waals surface area contributed by atoms with E-state index in [2.05, 4.69) is 35.4 Å². The molecule has 2 atom stereocenters. The van der Waals surface area contributed by atoms with Crippen LogP contribution in [0.5, 0.6) is 0 Å². The van der Waals surface area contributed by atoms with Gasteiger partial charge in [-0.3, -0.25) is 4.68 Å². The molecule has 1 aliphatic rings. The zero-order valence-electron chi connectivity index (χ0n) is 12.8. The predicted octanol–water partition coefficient (Wildman–Crippen LogP) is 2.36. The summed E-state index contributed by atoms with van der Waals surface area (Å²) in [4.78, 5) is 5.81. The molecular formula is C15H22N4OS. The molecule has 0 radical (unpaired) electrons. The minimum absolute atomic E-state index is 0.176. The fraction of sp³-hybridized carbons (Fsp3) is 0.600. The summed E-state index contributed by atoms with van der Waals surface area (Å²) in [5.41, 5.74) is 2.34. The van der Waals surface area contributed by atoms with Gasteiger partial charge in [0.25, 0.3) is 0 Å². The first-order chi connectivity index (χ1) is 10.1. The summed E-state index contributed by atoms with van der Waals surface area (Å²) in [5.74, 6) is 0.517. The zero-order chi connectivity index (χ0) is 14.8. The third-order valence-corrected chi connectivity index (χ3v) is 5.03. The molecule has 0 amide bonds. The normalized spacial score (nSPS) is 22.0. The number of aryl methyl sites for hydroxylation is 3. The van der Waals surface area contributed by atoms with Gasteiger partial charge in [0.05, 0.1) is 23.0 Å². The second kappa shape index (κ2) is 6.25. The van der Waals surface area contributed by atoms with Crippen LogP contribution in [0.25, 0.3) is 0 Å². The van der Waals surface area contributed by atoms with Crippen LogP contribution in [-0.2, 0) is 18.3 Å². The number of nitrogens with zero attached hydrogens (tertiary/aromatic N) is 3. The van der Waals surface area contributed by atoms with Gasteiger partial charge in [-0.15, -0.1) is 11.3 Å². The summed E-state index contributed by atoms with van der Waals surface area (Å²) in [5, 5.41) is 8.96. The van der Waals surface area contributed by atoms with E-state index >= 15 is 0 Å². The fourth-order valence-electron chi connectivity index (χ4n) is 2.91. The smallest absolute Gasteiger partial charge is 0.0900 e. The molecule has 0 spiro atoms. The summed E-state index contributed by atoms with van der Waals surface area (Å²) < 4.78 is 7.73. The lowest BCUT2D eigenvalue weighted by molar-refractivity contribution is 0.0904. The van der Waals surface area contributed by atoms with E-state index in [9.17, 15) is 0 Å². The Hall–Kier alpha value is -1.24. The van der Waals surface area contributed by atoms with Crippen molar-refractivity contribution < 1.29 is 4.74 Å². The highest BCUT2D eigenvalue weighted by Gasteiger charge is 2.30. The van der Waals surface area contributed by atoms with Gasteiger partial charge >= 0.3 is 0 Å². The van der Waals surface area contributed by atoms with Crippen LogP contribution >= 0.6 is 11.3 Å². The Morgan fingerprint density at radius 3 is 3.00 bits per heavy atom. The number of nitrogens with one attached hydrogen (secondary N) is 1. The third kappa shape index (κ3) is 3.33. The van der Waals surface area contributed by atoms with E-state index < -0.39 is 0 Å². The van der Waals surface area contributed by atoms with Gasteiger partial charge in [0, 0.05) is 49.3 Å². The summed E-state index contributed by atoms with van der Waals surface area (Å²) in [7, 11) is 1.95. The molecule has 114 valence electrons. The SMILES string of the molecule is Cc1nc(C)c(CNC[C@H]2CCO[C@@H]2c2cnn(C)c2)s1. The molecule has 0 aromatic carbocycles. The maximum Gasteiger partial charge on any atom is 0.0900 e. The van der Waals surface area contributed by atoms with Crippen molar-refractivity contribution in [2.45, 2.75) is 32.9 Å². The highest BCUT2D eigenvalue weighted by atomic mass is 32.1. The van der Waals surface area contributed by atoms with Crippen molar-refractivity contribution in [3.63, 3.8) is 0 Å². The Bertz CT molecular complexity index is 607. The molecule has 1 aliphatic heterocycles. The second-order valence-corrected chi connectivity index (χ2v) is 6.95. The highest BCUT2D eigenvalue weighted by molar-refractivity contribution is 7.11. The molecule has 3 rings (SSSR count). The first kappa shape index (κ1) is 14.7. The van der Waals surface area contributed by atoms with E-state index in [0.29, 0.717) is 5.92 Å². The largest absolute Gasteiger partial charge is 0.373 e. The molecule has 1 saturated heterocycles. The van der Waals surface area contributed by atoms with Gasteiger partial charge in [0.1, 0.15) is 0 Å². The average Bonchev–Trinajstić information content (AvgIpc) is 3.11. The van der Waals surface area contributed by atoms with Gasteiger partial charge in [-0.25, -0.2) is 4.98 Å². The van der Waals surface area contributed by atoms with Crippen LogP contribution < -0.4 is 5.32 Å². The Morgan fingerprint density at radius 1 is 1.48 bits per heavy atom. The van der Waals surface area contributed by atoms with Gasteiger partial charge in [-0.1, -0.05) is 0 Å². The molecule has 2 aromatic heterocycles. The van der Waals surface area contributed by atoms with Gasteiger partial charge in [0.15, 0.2) is 0 Å². The van der Waals surface area contributed by atoms with Crippen LogP contribution in [-0.4, -0.2) is 27.9 Å². The monoisotopic (exact) mass is 306 g/mol. The maximum absolute atomic E-state index is 5.89. The standard InChI is InChI=1S/C15H22N4OS/c1-10-14(21-11(2)18-10)8-16-6-12-4-5-20-15(12)13-7-17-19(3)9-13/h7,9,12,15-16H,4-6,8H2,1-3H3/t12-,15+/m1/s1. The second-order valence-electron chi connectivity index (χ2n) is 5.66. The van der Waals surface area contributed by atoms with Gasteiger partial charge < -0.3 is 10.1 Å². The van der Waals surface area contributed by atoms with Crippen molar-refractivity contribution >= 4 is 11.3 Å². The van der Waals surface area contributed by atoms with Crippen LogP contribution in [0.2, 0.25) is 0 Å². The quantitative estimate of drug-likeness (QED) is 0.921. The van der Waals surface area contributed by atoms with Crippen LogP contribution in [0.15, 0.2) is 12.4 Å². The van der Waals surface area contributed by atoms with E-state index in [1.54, 1.807) is 11.3 Å². The summed E-state index contributed by atoms with van der Waals surface area (Å²) >= 11 is 1.78. The number of hydrogen-bond acceptors (Lipinski definition) is 5. The number of ether oxygens (including phenoxy) is 1. The molecule has 1 fully saturated rings. The molecule has 2 aromatic rings. The first-order valence-corrected chi connectivity index (χ1v) is 8.19. The summed E-state index contributed by atoms with van der Waals surface area (Å²) in [6.07, 6.45) is 5.25. The molecule has 0 aliphatic carbocycles. The number of hydrogen-bond donors (Lipinski definition) is 1. The predicted molar refractivity (Wildman–Crippen MR) is 83.3 cm³/mol. The first-order valence-electron chi connectivity index (χ1n) is 7.37. The van der Waals surface area contributed by atoms with E-state index in [1.807, 2.05) is 17.9 Å². The van der Waals surface area contributed by atoms with Crippen molar-refractivity contribution in [3.8, 4) is 0 Å². The lowest BCUT2D eigenvalue weighted by Gasteiger charge is -2.17. The molecule has 1 N–H and O–H groups in total. The lowest BCUT2D eigenvalue weighted by atomic mass is 9.97. The highest BCUT2D eigenvalue weighted by Crippen LogP contribution is 2.33. The molecule has 0 saturated carbocycles.